The minimum Gasteiger partial charge on any atom is -0.480 e. The lowest BCUT2D eigenvalue weighted by Gasteiger charge is -2.14. The molecule has 1 aromatic carbocycles. The third-order valence-electron chi connectivity index (χ3n) is 4.14. The van der Waals surface area contributed by atoms with Gasteiger partial charge in [0, 0.05) is 31.3 Å². The Labute approximate surface area is 146 Å². The number of hydrogen-bond donors (Lipinski definition) is 2. The number of rotatable bonds is 7. The number of nitrogens with one attached hydrogen (secondary N) is 1. The third-order valence-corrected chi connectivity index (χ3v) is 4.14. The fraction of sp³-hybridized carbons (Fsp3) is 0.421. The van der Waals surface area contributed by atoms with Crippen molar-refractivity contribution in [2.24, 2.45) is 5.92 Å². The zero-order valence-electron chi connectivity index (χ0n) is 14.8. The van der Waals surface area contributed by atoms with Crippen molar-refractivity contribution in [1.82, 2.24) is 9.88 Å². The van der Waals surface area contributed by atoms with Gasteiger partial charge in [-0.05, 0) is 24.0 Å². The lowest BCUT2D eigenvalue weighted by atomic mass is 10.0. The van der Waals surface area contributed by atoms with Crippen LogP contribution in [0.3, 0.4) is 0 Å². The summed E-state index contributed by atoms with van der Waals surface area (Å²) in [4.78, 5) is 35.4. The maximum absolute atomic E-state index is 12.0. The van der Waals surface area contributed by atoms with Crippen molar-refractivity contribution in [3.05, 3.63) is 36.0 Å². The molecule has 0 aliphatic carbocycles. The minimum atomic E-state index is -1.09. The van der Waals surface area contributed by atoms with Gasteiger partial charge in [-0.15, -0.1) is 0 Å². The van der Waals surface area contributed by atoms with Crippen LogP contribution in [-0.2, 0) is 16.0 Å². The second-order valence-corrected chi connectivity index (χ2v) is 6.66. The molecule has 134 valence electrons. The first-order valence-electron chi connectivity index (χ1n) is 8.41. The quantitative estimate of drug-likeness (QED) is 0.808. The van der Waals surface area contributed by atoms with E-state index in [0.29, 0.717) is 18.8 Å². The van der Waals surface area contributed by atoms with E-state index in [1.807, 2.05) is 38.1 Å². The van der Waals surface area contributed by atoms with Gasteiger partial charge in [-0.1, -0.05) is 32.0 Å². The van der Waals surface area contributed by atoms with Gasteiger partial charge in [0.2, 0.25) is 11.8 Å². The van der Waals surface area contributed by atoms with Gasteiger partial charge in [-0.25, -0.2) is 4.79 Å². The van der Waals surface area contributed by atoms with Crippen molar-refractivity contribution in [2.45, 2.75) is 46.1 Å². The zero-order chi connectivity index (χ0) is 18.6. The van der Waals surface area contributed by atoms with Crippen molar-refractivity contribution in [3.63, 3.8) is 0 Å². The fourth-order valence-electron chi connectivity index (χ4n) is 2.78. The molecule has 6 heteroatoms. The number of carboxylic acids is 1. The summed E-state index contributed by atoms with van der Waals surface area (Å²) in [6.07, 6.45) is 2.80. The molecule has 1 aromatic heterocycles. The van der Waals surface area contributed by atoms with Gasteiger partial charge >= 0.3 is 5.97 Å². The molecule has 0 bridgehead atoms. The Hall–Kier alpha value is -2.63. The van der Waals surface area contributed by atoms with Gasteiger partial charge in [0.15, 0.2) is 0 Å². The normalized spacial score (nSPS) is 12.3. The van der Waals surface area contributed by atoms with Crippen LogP contribution in [0.1, 0.15) is 44.0 Å². The molecule has 2 rings (SSSR count). The van der Waals surface area contributed by atoms with E-state index >= 15 is 0 Å². The van der Waals surface area contributed by atoms with Gasteiger partial charge in [0.05, 0.1) is 5.52 Å². The van der Waals surface area contributed by atoms with Crippen molar-refractivity contribution < 1.29 is 19.5 Å². The van der Waals surface area contributed by atoms with Crippen LogP contribution in [0.15, 0.2) is 30.5 Å². The average molecular weight is 344 g/mol. The highest BCUT2D eigenvalue weighted by Gasteiger charge is 2.23. The van der Waals surface area contributed by atoms with Gasteiger partial charge < -0.3 is 10.4 Å². The number of amides is 1. The molecule has 1 heterocycles. The topological polar surface area (TPSA) is 88.4 Å². The van der Waals surface area contributed by atoms with Crippen LogP contribution in [0.25, 0.3) is 10.9 Å². The molecule has 0 aliphatic heterocycles. The summed E-state index contributed by atoms with van der Waals surface area (Å²) >= 11 is 0. The number of nitrogens with zero attached hydrogens (tertiary/aromatic N) is 1. The standard InChI is InChI=1S/C19H24N2O4/c1-12(2)8-9-18(23)20-16(19(24)25)10-14-11-21(13(3)22)17-7-5-4-6-15(14)17/h4-7,11-12,16H,8-10H2,1-3H3,(H,20,23)(H,24,25)/t16-/m0/s1. The lowest BCUT2D eigenvalue weighted by Crippen LogP contribution is -2.42. The van der Waals surface area contributed by atoms with Gasteiger partial charge in [-0.3, -0.25) is 14.2 Å². The van der Waals surface area contributed by atoms with E-state index in [1.165, 1.54) is 11.5 Å². The Balaban J connectivity index is 2.22. The summed E-state index contributed by atoms with van der Waals surface area (Å²) < 4.78 is 1.50. The first kappa shape index (κ1) is 18.7. The summed E-state index contributed by atoms with van der Waals surface area (Å²) in [5, 5.41) is 12.9. The van der Waals surface area contributed by atoms with Crippen LogP contribution >= 0.6 is 0 Å². The number of carboxylic acid groups (broad SMARTS) is 1. The molecule has 2 aromatic rings. The molecular formula is C19H24N2O4. The minimum absolute atomic E-state index is 0.129. The number of benzene rings is 1. The molecule has 0 aliphatic rings. The van der Waals surface area contributed by atoms with Crippen molar-refractivity contribution in [1.29, 1.82) is 0 Å². The van der Waals surface area contributed by atoms with Crippen molar-refractivity contribution in [2.75, 3.05) is 0 Å². The van der Waals surface area contributed by atoms with Crippen molar-refractivity contribution in [3.8, 4) is 0 Å². The molecule has 1 atom stereocenters. The highest BCUT2D eigenvalue weighted by atomic mass is 16.4. The Morgan fingerprint density at radius 1 is 1.20 bits per heavy atom. The number of carbonyl (C=O) groups excluding carboxylic acids is 2. The molecule has 0 radical (unpaired) electrons. The monoisotopic (exact) mass is 344 g/mol. The molecule has 1 amide bonds. The maximum Gasteiger partial charge on any atom is 0.326 e. The van der Waals surface area contributed by atoms with Gasteiger partial charge in [0.25, 0.3) is 0 Å². The average Bonchev–Trinajstić information content (AvgIpc) is 2.91. The number of carbonyl (C=O) groups is 3. The van der Waals surface area contributed by atoms with Crippen molar-refractivity contribution >= 4 is 28.7 Å². The molecular weight excluding hydrogens is 320 g/mol. The van der Waals surface area contributed by atoms with E-state index in [2.05, 4.69) is 5.32 Å². The van der Waals surface area contributed by atoms with Crippen LogP contribution in [0.4, 0.5) is 0 Å². The fourth-order valence-corrected chi connectivity index (χ4v) is 2.78. The Bertz CT molecular complexity index is 792. The number of para-hydroxylation sites is 1. The van der Waals surface area contributed by atoms with Crippen LogP contribution < -0.4 is 5.32 Å². The van der Waals surface area contributed by atoms with E-state index in [4.69, 9.17) is 0 Å². The molecule has 25 heavy (non-hydrogen) atoms. The molecule has 6 nitrogen and oxygen atoms in total. The van der Waals surface area contributed by atoms with Crippen LogP contribution in [0.5, 0.6) is 0 Å². The SMILES string of the molecule is CC(=O)n1cc(C[C@H](NC(=O)CCC(C)C)C(=O)O)c2ccccc21. The Morgan fingerprint density at radius 3 is 2.48 bits per heavy atom. The van der Waals surface area contributed by atoms with E-state index in [0.717, 1.165) is 16.5 Å². The predicted molar refractivity (Wildman–Crippen MR) is 95.6 cm³/mol. The molecule has 0 fully saturated rings. The Kier molecular flexibility index (Phi) is 5.96. The number of aliphatic carboxylic acids is 1. The highest BCUT2D eigenvalue weighted by Crippen LogP contribution is 2.22. The maximum atomic E-state index is 12.0. The van der Waals surface area contributed by atoms with E-state index < -0.39 is 12.0 Å². The van der Waals surface area contributed by atoms with Crippen LogP contribution in [-0.4, -0.2) is 33.5 Å². The first-order chi connectivity index (χ1) is 11.8. The summed E-state index contributed by atoms with van der Waals surface area (Å²) in [6, 6.07) is 6.31. The number of aromatic nitrogens is 1. The number of fused-ring (bicyclic) bond motifs is 1. The van der Waals surface area contributed by atoms with Crippen LogP contribution in [0.2, 0.25) is 0 Å². The smallest absolute Gasteiger partial charge is 0.326 e. The van der Waals surface area contributed by atoms with E-state index in [9.17, 15) is 19.5 Å². The summed E-state index contributed by atoms with van der Waals surface area (Å²) in [7, 11) is 0. The molecule has 0 saturated heterocycles. The summed E-state index contributed by atoms with van der Waals surface area (Å²) in [5.41, 5.74) is 1.46. The molecule has 0 spiro atoms. The largest absolute Gasteiger partial charge is 0.480 e. The Morgan fingerprint density at radius 2 is 1.88 bits per heavy atom. The molecule has 0 saturated carbocycles. The molecule has 0 unspecified atom stereocenters. The van der Waals surface area contributed by atoms with E-state index in [1.54, 1.807) is 6.20 Å². The first-order valence-corrected chi connectivity index (χ1v) is 8.41. The van der Waals surface area contributed by atoms with Gasteiger partial charge in [0.1, 0.15) is 6.04 Å². The van der Waals surface area contributed by atoms with E-state index in [-0.39, 0.29) is 18.2 Å². The van der Waals surface area contributed by atoms with Crippen LogP contribution in [0, 0.1) is 5.92 Å². The second-order valence-electron chi connectivity index (χ2n) is 6.66. The third kappa shape index (κ3) is 4.68. The second kappa shape index (κ2) is 7.96. The summed E-state index contributed by atoms with van der Waals surface area (Å²) in [6.45, 7) is 5.48. The molecule has 2 N–H and O–H groups in total. The highest BCUT2D eigenvalue weighted by molar-refractivity contribution is 5.94. The predicted octanol–water partition coefficient (Wildman–Crippen LogP) is 2.85. The lowest BCUT2D eigenvalue weighted by molar-refractivity contribution is -0.141. The number of hydrogen-bond acceptors (Lipinski definition) is 3. The zero-order valence-corrected chi connectivity index (χ0v) is 14.8. The summed E-state index contributed by atoms with van der Waals surface area (Å²) in [5.74, 6) is -1.12. The van der Waals surface area contributed by atoms with Gasteiger partial charge in [-0.2, -0.15) is 0 Å².